The third-order valence-electron chi connectivity index (χ3n) is 3.00. The van der Waals surface area contributed by atoms with Crippen molar-refractivity contribution in [3.8, 4) is 0 Å². The van der Waals surface area contributed by atoms with Gasteiger partial charge in [0, 0.05) is 11.0 Å². The van der Waals surface area contributed by atoms with Crippen LogP contribution in [0.4, 0.5) is 0 Å². The third kappa shape index (κ3) is 2.42. The Balaban J connectivity index is 2.86. The summed E-state index contributed by atoms with van der Waals surface area (Å²) in [6.07, 6.45) is 0. The molecule has 0 bridgehead atoms. The summed E-state index contributed by atoms with van der Waals surface area (Å²) in [6.45, 7) is 0. The Morgan fingerprint density at radius 3 is 1.65 bits per heavy atom. The first-order chi connectivity index (χ1) is 8.96. The minimum absolute atomic E-state index is 0.0164. The molecule has 2 rings (SSSR count). The van der Waals surface area contributed by atoms with E-state index in [0.717, 1.165) is 0 Å². The highest BCUT2D eigenvalue weighted by Crippen LogP contribution is 2.66. The quantitative estimate of drug-likeness (QED) is 0.318. The summed E-state index contributed by atoms with van der Waals surface area (Å²) in [5, 5.41) is -1.07. The molecule has 0 spiro atoms. The second-order valence-corrected chi connectivity index (χ2v) is 9.20. The lowest BCUT2D eigenvalue weighted by Gasteiger charge is -2.27. The molecule has 0 N–H and O–H groups in total. The highest BCUT2D eigenvalue weighted by atomic mass is 35.5. The van der Waals surface area contributed by atoms with Gasteiger partial charge in [0.25, 0.3) is 0 Å². The summed E-state index contributed by atoms with van der Waals surface area (Å²) in [4.78, 5) is 0. The maximum absolute atomic E-state index is 6.25. The molecule has 1 saturated carbocycles. The normalized spacial score (nSPS) is 32.7. The van der Waals surface area contributed by atoms with Crippen molar-refractivity contribution in [2.24, 2.45) is 5.92 Å². The van der Waals surface area contributed by atoms with Gasteiger partial charge < -0.3 is 0 Å². The van der Waals surface area contributed by atoms with Crippen molar-refractivity contribution < 1.29 is 0 Å². The Kier molecular flexibility index (Phi) is 5.43. The number of hydrogen-bond acceptors (Lipinski definition) is 0. The molecule has 0 nitrogen and oxygen atoms in total. The number of hydrogen-bond donors (Lipinski definition) is 0. The Labute approximate surface area is 165 Å². The smallest absolute Gasteiger partial charge is 0.119 e. The van der Waals surface area contributed by atoms with Crippen LogP contribution >= 0.6 is 116 Å². The molecule has 2 aliphatic carbocycles. The lowest BCUT2D eigenvalue weighted by Crippen LogP contribution is -2.37. The standard InChI is InChI=1S/C10H2Cl10/c11-3-1-2(4(12)6(14)7(15)5(3)13)9(17,18)10(19,20)8(1)16/h1,8H. The Bertz CT molecular complexity index is 567. The van der Waals surface area contributed by atoms with Crippen LogP contribution in [-0.2, 0) is 0 Å². The minimum atomic E-state index is -1.82. The van der Waals surface area contributed by atoms with Gasteiger partial charge in [-0.25, -0.2) is 0 Å². The van der Waals surface area contributed by atoms with Gasteiger partial charge in [0.15, 0.2) is 8.67 Å². The van der Waals surface area contributed by atoms with Crippen LogP contribution in [0.1, 0.15) is 0 Å². The van der Waals surface area contributed by atoms with Gasteiger partial charge in [-0.3, -0.25) is 0 Å². The third-order valence-corrected chi connectivity index (χ3v) is 8.59. The monoisotopic (exact) mass is 472 g/mol. The maximum atomic E-state index is 6.25. The van der Waals surface area contributed by atoms with Crippen LogP contribution in [0.3, 0.4) is 0 Å². The van der Waals surface area contributed by atoms with E-state index >= 15 is 0 Å². The zero-order chi connectivity index (χ0) is 15.6. The van der Waals surface area contributed by atoms with Gasteiger partial charge >= 0.3 is 0 Å². The number of alkyl halides is 5. The molecule has 0 aromatic rings. The van der Waals surface area contributed by atoms with E-state index in [-0.39, 0.29) is 30.7 Å². The van der Waals surface area contributed by atoms with Gasteiger partial charge in [0.2, 0.25) is 0 Å². The summed E-state index contributed by atoms with van der Waals surface area (Å²) in [5.41, 5.74) is 0.163. The lowest BCUT2D eigenvalue weighted by atomic mass is 10.0. The molecule has 2 aliphatic rings. The van der Waals surface area contributed by atoms with Crippen molar-refractivity contribution in [3.05, 3.63) is 30.7 Å². The average Bonchev–Trinajstić information content (AvgIpc) is 2.47. The van der Waals surface area contributed by atoms with E-state index < -0.39 is 20.0 Å². The molecule has 0 aromatic carbocycles. The predicted molar refractivity (Wildman–Crippen MR) is 92.3 cm³/mol. The van der Waals surface area contributed by atoms with Gasteiger partial charge in [-0.2, -0.15) is 0 Å². The van der Waals surface area contributed by atoms with Gasteiger partial charge in [0.1, 0.15) is 0 Å². The summed E-state index contributed by atoms with van der Waals surface area (Å²) >= 11 is 61.6. The molecule has 1 fully saturated rings. The van der Waals surface area contributed by atoms with E-state index in [1.54, 1.807) is 0 Å². The number of allylic oxidation sites excluding steroid dienone is 6. The topological polar surface area (TPSA) is 0 Å². The molecule has 0 amide bonds. The molecule has 0 heterocycles. The van der Waals surface area contributed by atoms with Gasteiger partial charge in [0.05, 0.1) is 25.5 Å². The van der Waals surface area contributed by atoms with Crippen LogP contribution in [0.2, 0.25) is 0 Å². The van der Waals surface area contributed by atoms with E-state index in [4.69, 9.17) is 116 Å². The molecule has 20 heavy (non-hydrogen) atoms. The number of rotatable bonds is 0. The minimum Gasteiger partial charge on any atom is -0.119 e. The van der Waals surface area contributed by atoms with Crippen molar-refractivity contribution in [3.63, 3.8) is 0 Å². The Hall–Kier alpha value is 2.12. The molecule has 10 heteroatoms. The van der Waals surface area contributed by atoms with Crippen LogP contribution < -0.4 is 0 Å². The highest BCUT2D eigenvalue weighted by Gasteiger charge is 2.67. The SMILES string of the molecule is ClC1=C(Cl)C(Cl)=C2C(C(Cl)=C1Cl)C(Cl)C(Cl)(Cl)C2(Cl)Cl. The predicted octanol–water partition coefficient (Wildman–Crippen LogP) is 7.46. The molecule has 0 aromatic heterocycles. The van der Waals surface area contributed by atoms with Crippen LogP contribution in [-0.4, -0.2) is 14.0 Å². The molecule has 0 radical (unpaired) electrons. The van der Waals surface area contributed by atoms with Crippen molar-refractivity contribution in [1.82, 2.24) is 0 Å². The van der Waals surface area contributed by atoms with Crippen molar-refractivity contribution >= 4 is 116 Å². The fourth-order valence-corrected chi connectivity index (χ4v) is 5.22. The zero-order valence-electron chi connectivity index (χ0n) is 8.93. The van der Waals surface area contributed by atoms with E-state index in [2.05, 4.69) is 0 Å². The van der Waals surface area contributed by atoms with E-state index in [1.807, 2.05) is 0 Å². The van der Waals surface area contributed by atoms with E-state index in [1.165, 1.54) is 0 Å². The Morgan fingerprint density at radius 1 is 0.700 bits per heavy atom. The lowest BCUT2D eigenvalue weighted by molar-refractivity contribution is 0.726. The summed E-state index contributed by atoms with van der Waals surface area (Å²) in [7, 11) is 0. The van der Waals surface area contributed by atoms with E-state index in [9.17, 15) is 0 Å². The van der Waals surface area contributed by atoms with Gasteiger partial charge in [-0.1, -0.05) is 104 Å². The maximum Gasteiger partial charge on any atom is 0.175 e. The molecule has 2 unspecified atom stereocenters. The number of fused-ring (bicyclic) bond motifs is 1. The first-order valence-electron chi connectivity index (χ1n) is 4.87. The van der Waals surface area contributed by atoms with Crippen molar-refractivity contribution in [2.75, 3.05) is 0 Å². The van der Waals surface area contributed by atoms with Gasteiger partial charge in [-0.15, -0.1) is 11.6 Å². The van der Waals surface area contributed by atoms with Crippen molar-refractivity contribution in [1.29, 1.82) is 0 Å². The van der Waals surface area contributed by atoms with Crippen LogP contribution in [0.15, 0.2) is 30.7 Å². The first-order valence-corrected chi connectivity index (χ1v) is 8.71. The Morgan fingerprint density at radius 2 is 1.15 bits per heavy atom. The first kappa shape index (κ1) is 18.5. The summed E-state index contributed by atoms with van der Waals surface area (Å²) < 4.78 is -3.57. The molecule has 0 aliphatic heterocycles. The fraction of sp³-hybridized carbons (Fsp3) is 0.400. The molecule has 2 atom stereocenters. The van der Waals surface area contributed by atoms with Crippen LogP contribution in [0, 0.1) is 5.92 Å². The van der Waals surface area contributed by atoms with E-state index in [0.29, 0.717) is 0 Å². The van der Waals surface area contributed by atoms with Crippen LogP contribution in [0.25, 0.3) is 0 Å². The number of halogens is 10. The van der Waals surface area contributed by atoms with Crippen molar-refractivity contribution in [2.45, 2.75) is 14.0 Å². The largest absolute Gasteiger partial charge is 0.175 e. The fourth-order valence-electron chi connectivity index (χ4n) is 1.99. The molecular formula is C10H2Cl10. The summed E-state index contributed by atoms with van der Waals surface area (Å²) in [6, 6.07) is 0. The van der Waals surface area contributed by atoms with Crippen LogP contribution in [0.5, 0.6) is 0 Å². The second kappa shape index (κ2) is 5.88. The second-order valence-electron chi connectivity index (χ2n) is 4.09. The van der Waals surface area contributed by atoms with Gasteiger partial charge in [-0.05, 0) is 5.57 Å². The molecular weight excluding hydrogens is 475 g/mol. The summed E-state index contributed by atoms with van der Waals surface area (Å²) in [5.74, 6) is -0.812. The molecule has 112 valence electrons. The zero-order valence-corrected chi connectivity index (χ0v) is 16.5. The average molecular weight is 477 g/mol. The highest BCUT2D eigenvalue weighted by molar-refractivity contribution is 6.67. The molecule has 0 saturated heterocycles.